The van der Waals surface area contributed by atoms with E-state index in [0.717, 1.165) is 16.7 Å². The molecule has 0 aliphatic rings. The summed E-state index contributed by atoms with van der Waals surface area (Å²) in [5, 5.41) is 3.98. The average molecular weight is 463 g/mol. The van der Waals surface area contributed by atoms with Gasteiger partial charge in [-0.05, 0) is 60.6 Å². The number of halogens is 2. The van der Waals surface area contributed by atoms with Gasteiger partial charge in [0.1, 0.15) is 6.04 Å². The van der Waals surface area contributed by atoms with E-state index in [1.54, 1.807) is 23.1 Å². The van der Waals surface area contributed by atoms with Gasteiger partial charge in [-0.2, -0.15) is 0 Å². The highest BCUT2D eigenvalue weighted by molar-refractivity contribution is 6.35. The summed E-state index contributed by atoms with van der Waals surface area (Å²) in [6, 6.07) is 10.6. The maximum Gasteiger partial charge on any atom is 0.242 e. The smallest absolute Gasteiger partial charge is 0.242 e. The molecule has 1 atom stereocenters. The molecule has 6 heteroatoms. The predicted octanol–water partition coefficient (Wildman–Crippen LogP) is 5.73. The Kier molecular flexibility index (Phi) is 9.39. The molecule has 168 valence electrons. The Morgan fingerprint density at radius 3 is 2.32 bits per heavy atom. The first-order valence-electron chi connectivity index (χ1n) is 10.7. The summed E-state index contributed by atoms with van der Waals surface area (Å²) in [4.78, 5) is 28.0. The summed E-state index contributed by atoms with van der Waals surface area (Å²) < 4.78 is 0. The Hall–Kier alpha value is -2.04. The van der Waals surface area contributed by atoms with Crippen LogP contribution in [0.2, 0.25) is 10.0 Å². The van der Waals surface area contributed by atoms with Gasteiger partial charge in [0, 0.05) is 23.1 Å². The van der Waals surface area contributed by atoms with Crippen LogP contribution in [-0.2, 0) is 22.6 Å². The van der Waals surface area contributed by atoms with E-state index in [1.807, 2.05) is 52.8 Å². The molecular formula is C25H32Cl2N2O2. The number of amides is 2. The van der Waals surface area contributed by atoms with E-state index in [9.17, 15) is 9.59 Å². The summed E-state index contributed by atoms with van der Waals surface area (Å²) in [6.45, 7) is 10.9. The lowest BCUT2D eigenvalue weighted by Gasteiger charge is -2.31. The molecule has 0 radical (unpaired) electrons. The van der Waals surface area contributed by atoms with Crippen molar-refractivity contribution < 1.29 is 9.59 Å². The van der Waals surface area contributed by atoms with Crippen molar-refractivity contribution in [1.82, 2.24) is 10.2 Å². The van der Waals surface area contributed by atoms with Crippen molar-refractivity contribution >= 4 is 35.0 Å². The van der Waals surface area contributed by atoms with Crippen molar-refractivity contribution in [2.45, 2.75) is 60.0 Å². The fourth-order valence-electron chi connectivity index (χ4n) is 3.37. The molecule has 0 aromatic heterocycles. The summed E-state index contributed by atoms with van der Waals surface area (Å²) in [6.07, 6.45) is 0.730. The van der Waals surface area contributed by atoms with Crippen LogP contribution in [0, 0.1) is 19.8 Å². The molecule has 0 spiro atoms. The first-order chi connectivity index (χ1) is 14.6. The Morgan fingerprint density at radius 2 is 1.74 bits per heavy atom. The van der Waals surface area contributed by atoms with Crippen molar-refractivity contribution in [2.24, 2.45) is 5.92 Å². The minimum absolute atomic E-state index is 0.110. The van der Waals surface area contributed by atoms with Crippen LogP contribution >= 0.6 is 23.2 Å². The maximum atomic E-state index is 13.4. The van der Waals surface area contributed by atoms with Crippen molar-refractivity contribution in [1.29, 1.82) is 0 Å². The number of rotatable bonds is 9. The fraction of sp³-hybridized carbons (Fsp3) is 0.440. The van der Waals surface area contributed by atoms with E-state index in [4.69, 9.17) is 23.2 Å². The molecule has 0 aliphatic heterocycles. The fourth-order valence-corrected chi connectivity index (χ4v) is 3.83. The second-order valence-electron chi connectivity index (χ2n) is 8.42. The third-order valence-electron chi connectivity index (χ3n) is 5.35. The number of carbonyl (C=O) groups excluding carboxylic acids is 2. The number of carbonyl (C=O) groups is 2. The second kappa shape index (κ2) is 11.5. The maximum absolute atomic E-state index is 13.4. The van der Waals surface area contributed by atoms with Crippen molar-refractivity contribution in [3.05, 3.63) is 68.7 Å². The van der Waals surface area contributed by atoms with Gasteiger partial charge in [0.25, 0.3) is 0 Å². The molecule has 1 N–H and O–H groups in total. The lowest BCUT2D eigenvalue weighted by atomic mass is 10.0. The van der Waals surface area contributed by atoms with Gasteiger partial charge in [-0.1, -0.05) is 68.2 Å². The lowest BCUT2D eigenvalue weighted by molar-refractivity contribution is -0.141. The Labute approximate surface area is 195 Å². The van der Waals surface area contributed by atoms with Crippen molar-refractivity contribution in [2.75, 3.05) is 6.54 Å². The number of hydrogen-bond donors (Lipinski definition) is 1. The highest BCUT2D eigenvalue weighted by Gasteiger charge is 2.29. The Morgan fingerprint density at radius 1 is 1.03 bits per heavy atom. The van der Waals surface area contributed by atoms with Crippen LogP contribution < -0.4 is 5.32 Å². The summed E-state index contributed by atoms with van der Waals surface area (Å²) in [5.74, 6) is 0.0717. The standard InChI is InChI=1S/C25H32Cl2N2O2/c1-6-23(25(31)28-14-16(2)3)29(15-20-9-10-21(26)13-22(20)27)24(30)12-19-8-7-17(4)18(5)11-19/h7-11,13,16,23H,6,12,14-15H2,1-5H3,(H,28,31)/t23-/m0/s1. The van der Waals surface area contributed by atoms with Crippen LogP contribution in [0.1, 0.15) is 49.4 Å². The van der Waals surface area contributed by atoms with Gasteiger partial charge < -0.3 is 10.2 Å². The number of nitrogens with zero attached hydrogens (tertiary/aromatic N) is 1. The minimum Gasteiger partial charge on any atom is -0.354 e. The number of aryl methyl sites for hydroxylation is 2. The molecule has 0 saturated carbocycles. The van der Waals surface area contributed by atoms with Gasteiger partial charge in [0.2, 0.25) is 11.8 Å². The van der Waals surface area contributed by atoms with Crippen molar-refractivity contribution in [3.63, 3.8) is 0 Å². The minimum atomic E-state index is -0.579. The van der Waals surface area contributed by atoms with Gasteiger partial charge in [-0.25, -0.2) is 0 Å². The molecular weight excluding hydrogens is 431 g/mol. The number of nitrogens with one attached hydrogen (secondary N) is 1. The zero-order valence-corrected chi connectivity index (χ0v) is 20.5. The first kappa shape index (κ1) is 25.2. The van der Waals surface area contributed by atoms with Gasteiger partial charge in [0.15, 0.2) is 0 Å². The second-order valence-corrected chi connectivity index (χ2v) is 9.26. The third-order valence-corrected chi connectivity index (χ3v) is 5.94. The summed E-state index contributed by atoms with van der Waals surface area (Å²) >= 11 is 12.4. The van der Waals surface area contributed by atoms with Gasteiger partial charge in [-0.15, -0.1) is 0 Å². The molecule has 2 amide bonds. The normalized spacial score (nSPS) is 12.0. The Balaban J connectivity index is 2.33. The van der Waals surface area contributed by atoms with E-state index in [1.165, 1.54) is 5.56 Å². The van der Waals surface area contributed by atoms with Crippen LogP contribution in [0.15, 0.2) is 36.4 Å². The van der Waals surface area contributed by atoms with Crippen molar-refractivity contribution in [3.8, 4) is 0 Å². The third kappa shape index (κ3) is 7.26. The summed E-state index contributed by atoms with van der Waals surface area (Å²) in [7, 11) is 0. The zero-order valence-electron chi connectivity index (χ0n) is 19.0. The largest absolute Gasteiger partial charge is 0.354 e. The monoisotopic (exact) mass is 462 g/mol. The number of benzene rings is 2. The molecule has 2 aromatic rings. The quantitative estimate of drug-likeness (QED) is 0.516. The lowest BCUT2D eigenvalue weighted by Crippen LogP contribution is -2.50. The zero-order chi connectivity index (χ0) is 23.1. The molecule has 0 fully saturated rings. The molecule has 0 unspecified atom stereocenters. The van der Waals surface area contributed by atoms with Gasteiger partial charge >= 0.3 is 0 Å². The van der Waals surface area contributed by atoms with Crippen LogP contribution in [0.4, 0.5) is 0 Å². The SMILES string of the molecule is CC[C@@H](C(=O)NCC(C)C)N(Cc1ccc(Cl)cc1Cl)C(=O)Cc1ccc(C)c(C)c1. The highest BCUT2D eigenvalue weighted by Crippen LogP contribution is 2.24. The van der Waals surface area contributed by atoms with E-state index >= 15 is 0 Å². The molecule has 4 nitrogen and oxygen atoms in total. The molecule has 2 aromatic carbocycles. The molecule has 31 heavy (non-hydrogen) atoms. The first-order valence-corrected chi connectivity index (χ1v) is 11.4. The number of hydrogen-bond acceptors (Lipinski definition) is 2. The average Bonchev–Trinajstić information content (AvgIpc) is 2.70. The molecule has 0 aliphatic carbocycles. The van der Waals surface area contributed by atoms with Gasteiger partial charge in [-0.3, -0.25) is 9.59 Å². The molecule has 0 saturated heterocycles. The molecule has 2 rings (SSSR count). The van der Waals surface area contributed by atoms with E-state index < -0.39 is 6.04 Å². The predicted molar refractivity (Wildman–Crippen MR) is 129 cm³/mol. The van der Waals surface area contributed by atoms with Crippen LogP contribution in [0.3, 0.4) is 0 Å². The van der Waals surface area contributed by atoms with Crippen LogP contribution in [0.5, 0.6) is 0 Å². The highest BCUT2D eigenvalue weighted by atomic mass is 35.5. The molecule has 0 heterocycles. The molecule has 0 bridgehead atoms. The topological polar surface area (TPSA) is 49.4 Å². The van der Waals surface area contributed by atoms with Crippen LogP contribution in [-0.4, -0.2) is 29.3 Å². The van der Waals surface area contributed by atoms with Gasteiger partial charge in [0.05, 0.1) is 6.42 Å². The van der Waals surface area contributed by atoms with Crippen LogP contribution in [0.25, 0.3) is 0 Å². The van der Waals surface area contributed by atoms with E-state index in [-0.39, 0.29) is 24.8 Å². The Bertz CT molecular complexity index is 928. The van der Waals surface area contributed by atoms with E-state index in [2.05, 4.69) is 5.32 Å². The van der Waals surface area contributed by atoms with E-state index in [0.29, 0.717) is 28.9 Å². The summed E-state index contributed by atoms with van der Waals surface area (Å²) in [5.41, 5.74) is 4.01.